The van der Waals surface area contributed by atoms with Gasteiger partial charge in [-0.1, -0.05) is 78.9 Å². The van der Waals surface area contributed by atoms with E-state index < -0.39 is 11.6 Å². The van der Waals surface area contributed by atoms with Crippen LogP contribution in [0.1, 0.15) is 35.4 Å². The molecule has 2 bridgehead atoms. The zero-order valence-corrected chi connectivity index (χ0v) is 19.3. The number of para-hydroxylation sites is 1. The standard InChI is InChI=1S/C29H32N2O3/c30-29(28(22-9-3-1-4-10-22)23-11-5-2-6-12-23)25(21-15-17-31(29)18-16-21)19-24-13-7-8-14-26(24)34-20-27(32)33/h1-14,21,25,28H,15-20,30H2,(H,32,33). The average Bonchev–Trinajstić information content (AvgIpc) is 2.87. The van der Waals surface area contributed by atoms with E-state index in [1.165, 1.54) is 11.1 Å². The number of carboxylic acid groups (broad SMARTS) is 1. The fraction of sp³-hybridized carbons (Fsp3) is 0.345. The maximum Gasteiger partial charge on any atom is 0.341 e. The molecule has 3 aromatic carbocycles. The summed E-state index contributed by atoms with van der Waals surface area (Å²) in [7, 11) is 0. The maximum absolute atomic E-state index is 11.1. The number of ether oxygens (including phenoxy) is 1. The molecule has 5 heteroatoms. The quantitative estimate of drug-likeness (QED) is 0.521. The van der Waals surface area contributed by atoms with Gasteiger partial charge in [-0.15, -0.1) is 0 Å². The first-order valence-electron chi connectivity index (χ1n) is 12.1. The van der Waals surface area contributed by atoms with Crippen LogP contribution in [0, 0.1) is 11.8 Å². The van der Waals surface area contributed by atoms with Crippen molar-refractivity contribution in [3.8, 4) is 5.75 Å². The third kappa shape index (κ3) is 4.22. The van der Waals surface area contributed by atoms with Crippen LogP contribution < -0.4 is 10.5 Å². The molecule has 176 valence electrons. The molecule has 0 aliphatic carbocycles. The summed E-state index contributed by atoms with van der Waals surface area (Å²) in [5.41, 5.74) is 10.5. The number of rotatable bonds is 8. The Morgan fingerprint density at radius 2 is 1.50 bits per heavy atom. The van der Waals surface area contributed by atoms with Crippen LogP contribution in [-0.2, 0) is 11.2 Å². The monoisotopic (exact) mass is 456 g/mol. The molecule has 5 nitrogen and oxygen atoms in total. The topological polar surface area (TPSA) is 75.8 Å². The summed E-state index contributed by atoms with van der Waals surface area (Å²) < 4.78 is 5.66. The predicted molar refractivity (Wildman–Crippen MR) is 133 cm³/mol. The number of carbonyl (C=O) groups is 1. The molecule has 0 aromatic heterocycles. The molecule has 2 atom stereocenters. The summed E-state index contributed by atoms with van der Waals surface area (Å²) >= 11 is 0. The van der Waals surface area contributed by atoms with Crippen molar-refractivity contribution in [2.45, 2.75) is 30.8 Å². The Kier molecular flexibility index (Phi) is 6.40. The molecule has 34 heavy (non-hydrogen) atoms. The van der Waals surface area contributed by atoms with E-state index in [0.29, 0.717) is 11.7 Å². The van der Waals surface area contributed by atoms with Gasteiger partial charge in [0.1, 0.15) is 5.75 Å². The van der Waals surface area contributed by atoms with E-state index in [1.54, 1.807) is 0 Å². The van der Waals surface area contributed by atoms with Gasteiger partial charge in [0.15, 0.2) is 6.61 Å². The fourth-order valence-corrected chi connectivity index (χ4v) is 6.24. The molecule has 3 heterocycles. The van der Waals surface area contributed by atoms with Gasteiger partial charge in [-0.3, -0.25) is 4.90 Å². The first-order valence-corrected chi connectivity index (χ1v) is 12.1. The molecule has 0 amide bonds. The van der Waals surface area contributed by atoms with Crippen LogP contribution in [0.3, 0.4) is 0 Å². The number of hydrogen-bond acceptors (Lipinski definition) is 4. The average molecular weight is 457 g/mol. The van der Waals surface area contributed by atoms with E-state index in [4.69, 9.17) is 15.6 Å². The number of benzene rings is 3. The Morgan fingerprint density at radius 3 is 2.09 bits per heavy atom. The molecular formula is C29H32N2O3. The first kappa shape index (κ1) is 22.6. The molecule has 0 spiro atoms. The van der Waals surface area contributed by atoms with Gasteiger partial charge in [0.25, 0.3) is 0 Å². The van der Waals surface area contributed by atoms with Gasteiger partial charge in [-0.05, 0) is 53.9 Å². The number of nitrogens with two attached hydrogens (primary N) is 1. The van der Waals surface area contributed by atoms with Gasteiger partial charge in [0, 0.05) is 19.0 Å². The minimum absolute atomic E-state index is 0.0232. The lowest BCUT2D eigenvalue weighted by Gasteiger charge is -2.61. The second-order valence-electron chi connectivity index (χ2n) is 9.57. The third-order valence-electron chi connectivity index (χ3n) is 7.74. The molecule has 6 rings (SSSR count). The third-order valence-corrected chi connectivity index (χ3v) is 7.74. The van der Waals surface area contributed by atoms with Gasteiger partial charge in [-0.25, -0.2) is 4.79 Å². The molecule has 3 fully saturated rings. The van der Waals surface area contributed by atoms with E-state index in [9.17, 15) is 4.79 Å². The zero-order valence-electron chi connectivity index (χ0n) is 19.3. The normalized spacial score (nSPS) is 25.9. The Morgan fingerprint density at radius 1 is 0.941 bits per heavy atom. The van der Waals surface area contributed by atoms with Crippen molar-refractivity contribution >= 4 is 5.97 Å². The zero-order chi connectivity index (χ0) is 23.5. The van der Waals surface area contributed by atoms with Gasteiger partial charge in [-0.2, -0.15) is 0 Å². The highest BCUT2D eigenvalue weighted by Crippen LogP contribution is 2.51. The van der Waals surface area contributed by atoms with Crippen LogP contribution in [0.15, 0.2) is 84.9 Å². The number of fused-ring (bicyclic) bond motifs is 3. The van der Waals surface area contributed by atoms with Crippen LogP contribution in [0.4, 0.5) is 0 Å². The second kappa shape index (κ2) is 9.61. The lowest BCUT2D eigenvalue weighted by atomic mass is 9.61. The summed E-state index contributed by atoms with van der Waals surface area (Å²) in [6.07, 6.45) is 3.03. The minimum Gasteiger partial charge on any atom is -0.482 e. The molecule has 3 saturated heterocycles. The van der Waals surface area contributed by atoms with E-state index in [2.05, 4.69) is 71.6 Å². The SMILES string of the molecule is NC1(C(c2ccccc2)c2ccccc2)C(Cc2ccccc2OCC(=O)O)C2CCN1CC2. The largest absolute Gasteiger partial charge is 0.482 e. The fourth-order valence-electron chi connectivity index (χ4n) is 6.24. The molecule has 3 N–H and O–H groups in total. The summed E-state index contributed by atoms with van der Waals surface area (Å²) in [5.74, 6) is 0.404. The van der Waals surface area contributed by atoms with Gasteiger partial charge in [0.2, 0.25) is 0 Å². The smallest absolute Gasteiger partial charge is 0.341 e. The van der Waals surface area contributed by atoms with Crippen LogP contribution in [0.25, 0.3) is 0 Å². The highest BCUT2D eigenvalue weighted by molar-refractivity contribution is 5.68. The van der Waals surface area contributed by atoms with Gasteiger partial charge >= 0.3 is 5.97 Å². The van der Waals surface area contributed by atoms with E-state index >= 15 is 0 Å². The van der Waals surface area contributed by atoms with Gasteiger partial charge < -0.3 is 15.6 Å². The Balaban J connectivity index is 1.58. The number of piperidine rings is 3. The Labute approximate surface area is 201 Å². The van der Waals surface area contributed by atoms with Crippen molar-refractivity contribution in [1.29, 1.82) is 0 Å². The number of aliphatic carboxylic acids is 1. The van der Waals surface area contributed by atoms with Crippen molar-refractivity contribution in [2.24, 2.45) is 17.6 Å². The van der Waals surface area contributed by atoms with E-state index in [0.717, 1.165) is 37.9 Å². The maximum atomic E-state index is 11.1. The second-order valence-corrected chi connectivity index (χ2v) is 9.57. The number of nitrogens with zero attached hydrogens (tertiary/aromatic N) is 1. The van der Waals surface area contributed by atoms with Crippen LogP contribution in [0.2, 0.25) is 0 Å². The van der Waals surface area contributed by atoms with Gasteiger partial charge in [0.05, 0.1) is 5.66 Å². The highest BCUT2D eigenvalue weighted by atomic mass is 16.5. The van der Waals surface area contributed by atoms with Crippen molar-refractivity contribution in [3.63, 3.8) is 0 Å². The van der Waals surface area contributed by atoms with Crippen LogP contribution in [-0.4, -0.2) is 41.3 Å². The molecule has 3 aromatic rings. The van der Waals surface area contributed by atoms with Crippen LogP contribution in [0.5, 0.6) is 5.75 Å². The van der Waals surface area contributed by atoms with Crippen molar-refractivity contribution in [2.75, 3.05) is 19.7 Å². The van der Waals surface area contributed by atoms with Crippen molar-refractivity contribution in [3.05, 3.63) is 102 Å². The molecule has 2 unspecified atom stereocenters. The first-order chi connectivity index (χ1) is 16.6. The molecular weight excluding hydrogens is 424 g/mol. The summed E-state index contributed by atoms with van der Waals surface area (Å²) in [5, 5.41) is 9.13. The number of carboxylic acids is 1. The molecule has 0 saturated carbocycles. The molecule has 3 aliphatic rings. The van der Waals surface area contributed by atoms with E-state index in [1.807, 2.05) is 18.2 Å². The summed E-state index contributed by atoms with van der Waals surface area (Å²) in [6.45, 7) is 1.66. The summed E-state index contributed by atoms with van der Waals surface area (Å²) in [4.78, 5) is 13.6. The minimum atomic E-state index is -0.973. The predicted octanol–water partition coefficient (Wildman–Crippen LogP) is 4.52. The lowest BCUT2D eigenvalue weighted by molar-refractivity contribution is -0.139. The number of hydrogen-bond donors (Lipinski definition) is 2. The van der Waals surface area contributed by atoms with Crippen molar-refractivity contribution < 1.29 is 14.6 Å². The highest BCUT2D eigenvalue weighted by Gasteiger charge is 2.55. The Hall–Kier alpha value is -3.15. The Bertz CT molecular complexity index is 1070. The van der Waals surface area contributed by atoms with Crippen LogP contribution >= 0.6 is 0 Å². The van der Waals surface area contributed by atoms with Crippen molar-refractivity contribution in [1.82, 2.24) is 4.90 Å². The van der Waals surface area contributed by atoms with E-state index in [-0.39, 0.29) is 18.4 Å². The lowest BCUT2D eigenvalue weighted by Crippen LogP contribution is -2.72. The summed E-state index contributed by atoms with van der Waals surface area (Å²) in [6, 6.07) is 29.0. The molecule has 0 radical (unpaired) electrons. The molecule has 3 aliphatic heterocycles.